The number of hydrogen-bond acceptors (Lipinski definition) is 7. The molecule has 11 rings (SSSR count). The number of nitrogens with zero attached hydrogens (tertiary/aromatic N) is 1. The van der Waals surface area contributed by atoms with Crippen LogP contribution >= 0.6 is 0 Å². The molecule has 6 aromatic carbocycles. The third-order valence-corrected chi connectivity index (χ3v) is 14.4. The van der Waals surface area contributed by atoms with Crippen molar-refractivity contribution < 1.29 is 45.6 Å². The molecule has 5 heterocycles. The molecule has 0 saturated carbocycles. The molecule has 5 aromatic heterocycles. The van der Waals surface area contributed by atoms with Gasteiger partial charge in [0.25, 0.3) is 23.6 Å². The fourth-order valence-corrected chi connectivity index (χ4v) is 10.4. The Balaban J connectivity index is 1.15. The van der Waals surface area contributed by atoms with E-state index in [9.17, 15) is 28.0 Å². The Morgan fingerprint density at radius 1 is 0.630 bits per heavy atom. The van der Waals surface area contributed by atoms with Gasteiger partial charge in [-0.3, -0.25) is 24.2 Å². The van der Waals surface area contributed by atoms with Crippen molar-refractivity contribution in [3.63, 3.8) is 0 Å². The summed E-state index contributed by atoms with van der Waals surface area (Å²) in [4.78, 5) is 67.0. The van der Waals surface area contributed by atoms with Crippen molar-refractivity contribution in [3.8, 4) is 68.5 Å². The lowest BCUT2D eigenvalue weighted by Crippen LogP contribution is -2.44. The Morgan fingerprint density at radius 3 is 1.83 bits per heavy atom. The number of benzene rings is 6. The third-order valence-electron chi connectivity index (χ3n) is 14.4. The number of furan rings is 2. The fraction of sp³-hybridized carbons (Fsp3) is 0.141. The molecule has 81 heavy (non-hydrogen) atoms. The number of nitrogens with one attached hydrogen (secondary N) is 6. The van der Waals surface area contributed by atoms with Crippen molar-refractivity contribution in [2.45, 2.75) is 38.2 Å². The van der Waals surface area contributed by atoms with Crippen LogP contribution in [0.2, 0.25) is 0 Å². The van der Waals surface area contributed by atoms with Crippen LogP contribution in [0.4, 0.5) is 17.6 Å². The molecular formula is C64H49F4N7O6. The maximum atomic E-state index is 15.7. The molecule has 1 atom stereocenters. The first-order valence-corrected chi connectivity index (χ1v) is 25.8. The van der Waals surface area contributed by atoms with Gasteiger partial charge in [0.15, 0.2) is 0 Å². The quantitative estimate of drug-likeness (QED) is 0.0435. The summed E-state index contributed by atoms with van der Waals surface area (Å²) in [7, 11) is 2.95. The van der Waals surface area contributed by atoms with Gasteiger partial charge in [-0.2, -0.15) is 8.78 Å². The van der Waals surface area contributed by atoms with Crippen LogP contribution in [0.15, 0.2) is 155 Å². The van der Waals surface area contributed by atoms with Gasteiger partial charge in [-0.05, 0) is 145 Å². The van der Waals surface area contributed by atoms with E-state index < -0.39 is 59.0 Å². The van der Waals surface area contributed by atoms with Crippen LogP contribution < -0.4 is 21.3 Å². The average molecular weight is 1090 g/mol. The summed E-state index contributed by atoms with van der Waals surface area (Å²) >= 11 is 0. The molecule has 404 valence electrons. The van der Waals surface area contributed by atoms with E-state index in [0.29, 0.717) is 94.8 Å². The predicted octanol–water partition coefficient (Wildman–Crippen LogP) is 13.3. The molecule has 0 aliphatic heterocycles. The summed E-state index contributed by atoms with van der Waals surface area (Å²) in [6, 6.07) is 33.9. The van der Waals surface area contributed by atoms with E-state index in [1.807, 2.05) is 6.92 Å². The molecule has 1 unspecified atom stereocenters. The lowest BCUT2D eigenvalue weighted by molar-refractivity contribution is -0.00676. The Morgan fingerprint density at radius 2 is 1.23 bits per heavy atom. The standard InChI is InChI=1S/C64H49F4N7O6/c1-6-23-63(3,7-2)75-60(77)37-12-10-11-36(26-37)44-30-47-52(62(79)70-5)56(35-16-20-42(66)21-17-35)81-58(47)48-32-49(74-54(44)48)39-27-38(28-40(29-39)59(76)73-33-64(67,68)50-13-8-9-24-71-50)45-31-46-51(61(78)69-4)55(34-14-18-41(65)19-15-34)80-57(46)43-22-25-72-53(43)45/h2,8-22,24-32,72,74H,6,23,33H2,1,3-5H3,(H,69,78)(H,70,79)(H,73,76)(H,75,77). The molecule has 4 amide bonds. The minimum absolute atomic E-state index is 0.0341. The van der Waals surface area contributed by atoms with Crippen molar-refractivity contribution in [2.24, 2.45) is 0 Å². The minimum atomic E-state index is -3.56. The van der Waals surface area contributed by atoms with Crippen LogP contribution in [-0.4, -0.2) is 64.8 Å². The Kier molecular flexibility index (Phi) is 13.6. The first kappa shape index (κ1) is 52.8. The number of carbonyl (C=O) groups is 4. The van der Waals surface area contributed by atoms with E-state index in [1.165, 1.54) is 93.1 Å². The lowest BCUT2D eigenvalue weighted by Gasteiger charge is -2.24. The number of amides is 4. The molecule has 0 radical (unpaired) electrons. The van der Waals surface area contributed by atoms with Gasteiger partial charge in [-0.25, -0.2) is 8.78 Å². The van der Waals surface area contributed by atoms with Crippen molar-refractivity contribution in [1.29, 1.82) is 0 Å². The van der Waals surface area contributed by atoms with E-state index in [0.717, 1.165) is 6.42 Å². The Hall–Kier alpha value is -10.2. The first-order chi connectivity index (χ1) is 39.0. The van der Waals surface area contributed by atoms with Gasteiger partial charge in [0.2, 0.25) is 0 Å². The van der Waals surface area contributed by atoms with Crippen molar-refractivity contribution in [1.82, 2.24) is 36.2 Å². The van der Waals surface area contributed by atoms with Gasteiger partial charge in [0, 0.05) is 87.1 Å². The second kappa shape index (κ2) is 20.9. The largest absolute Gasteiger partial charge is 0.454 e. The van der Waals surface area contributed by atoms with E-state index >= 15 is 8.78 Å². The number of aromatic nitrogens is 3. The maximum Gasteiger partial charge on any atom is 0.306 e. The zero-order valence-electron chi connectivity index (χ0n) is 44.0. The number of halogens is 4. The number of alkyl halides is 2. The zero-order valence-corrected chi connectivity index (χ0v) is 44.0. The summed E-state index contributed by atoms with van der Waals surface area (Å²) in [5.41, 5.74) is 4.26. The Bertz CT molecular complexity index is 4360. The van der Waals surface area contributed by atoms with Crippen molar-refractivity contribution in [2.75, 3.05) is 20.6 Å². The van der Waals surface area contributed by atoms with Crippen LogP contribution in [0.5, 0.6) is 0 Å². The molecule has 0 fully saturated rings. The highest BCUT2D eigenvalue weighted by atomic mass is 19.3. The van der Waals surface area contributed by atoms with Gasteiger partial charge >= 0.3 is 5.92 Å². The van der Waals surface area contributed by atoms with Crippen LogP contribution in [-0.2, 0) is 5.92 Å². The van der Waals surface area contributed by atoms with E-state index in [-0.39, 0.29) is 33.8 Å². The van der Waals surface area contributed by atoms with E-state index in [1.54, 1.807) is 73.8 Å². The molecule has 13 nitrogen and oxygen atoms in total. The first-order valence-electron chi connectivity index (χ1n) is 25.8. The van der Waals surface area contributed by atoms with Crippen LogP contribution in [0, 0.1) is 24.0 Å². The van der Waals surface area contributed by atoms with E-state index in [4.69, 9.17) is 15.3 Å². The highest BCUT2D eigenvalue weighted by molar-refractivity contribution is 6.22. The van der Waals surface area contributed by atoms with Gasteiger partial charge < -0.3 is 40.1 Å². The van der Waals surface area contributed by atoms with Crippen LogP contribution in [0.1, 0.15) is 73.8 Å². The average Bonchev–Trinajstić information content (AvgIpc) is 3.17. The number of terminal acetylenes is 1. The maximum absolute atomic E-state index is 15.7. The number of pyridine rings is 1. The summed E-state index contributed by atoms with van der Waals surface area (Å²) in [5, 5.41) is 12.6. The summed E-state index contributed by atoms with van der Waals surface area (Å²) < 4.78 is 73.2. The number of aromatic amines is 2. The van der Waals surface area contributed by atoms with Crippen LogP contribution in [0.3, 0.4) is 0 Å². The lowest BCUT2D eigenvalue weighted by atomic mass is 9.94. The monoisotopic (exact) mass is 1090 g/mol. The number of fused-ring (bicyclic) bond motifs is 6. The van der Waals surface area contributed by atoms with Crippen molar-refractivity contribution in [3.05, 3.63) is 185 Å². The predicted molar refractivity (Wildman–Crippen MR) is 304 cm³/mol. The normalized spacial score (nSPS) is 12.4. The highest BCUT2D eigenvalue weighted by Crippen LogP contribution is 2.46. The summed E-state index contributed by atoms with van der Waals surface area (Å²) in [5.74, 6) is -3.78. The molecule has 0 spiro atoms. The fourth-order valence-electron chi connectivity index (χ4n) is 10.4. The summed E-state index contributed by atoms with van der Waals surface area (Å²) in [6.07, 6.45) is 10.1. The third kappa shape index (κ3) is 9.70. The van der Waals surface area contributed by atoms with Gasteiger partial charge in [-0.1, -0.05) is 37.5 Å². The highest BCUT2D eigenvalue weighted by Gasteiger charge is 2.34. The zero-order chi connectivity index (χ0) is 56.9. The molecule has 0 bridgehead atoms. The molecule has 0 aliphatic rings. The van der Waals surface area contributed by atoms with Crippen LogP contribution in [0.25, 0.3) is 99.9 Å². The molecule has 11 aromatic rings. The number of carbonyl (C=O) groups excluding carboxylic acids is 4. The number of hydrogen-bond donors (Lipinski definition) is 6. The molecule has 0 aliphatic carbocycles. The second-order valence-corrected chi connectivity index (χ2v) is 19.8. The van der Waals surface area contributed by atoms with Gasteiger partial charge in [0.1, 0.15) is 40.0 Å². The SMILES string of the molecule is C#CC(C)(CCC)NC(=O)c1cccc(-c2cc3c(C(=O)NC)c(-c4ccc(F)cc4)oc3c3cc(-c4cc(C(=O)NCC(F)(F)c5ccccn5)cc(-c5cc6c(C(=O)NC)c(-c7ccc(F)cc7)oc6c6cc[nH]c56)c4)[nH]c23)c1. The Labute approximate surface area is 460 Å². The molecule has 0 saturated heterocycles. The second-order valence-electron chi connectivity index (χ2n) is 19.8. The van der Waals surface area contributed by atoms with Gasteiger partial charge in [-0.15, -0.1) is 6.42 Å². The molecular weight excluding hydrogens is 1040 g/mol. The van der Waals surface area contributed by atoms with Crippen molar-refractivity contribution >= 4 is 67.4 Å². The summed E-state index contributed by atoms with van der Waals surface area (Å²) in [6.45, 7) is 2.65. The molecule has 6 N–H and O–H groups in total. The number of H-pyrrole nitrogens is 2. The van der Waals surface area contributed by atoms with Gasteiger partial charge in [0.05, 0.1) is 34.2 Å². The smallest absolute Gasteiger partial charge is 0.306 e. The molecule has 17 heteroatoms. The topological polar surface area (TPSA) is 187 Å². The number of rotatable bonds is 15. The minimum Gasteiger partial charge on any atom is -0.454 e. The van der Waals surface area contributed by atoms with E-state index in [2.05, 4.69) is 42.1 Å².